The molecular formula is C13H9N3OS2. The molecule has 19 heavy (non-hydrogen) atoms. The van der Waals surface area contributed by atoms with E-state index in [0.717, 1.165) is 11.3 Å². The van der Waals surface area contributed by atoms with Crippen LogP contribution in [0.2, 0.25) is 0 Å². The number of benzene rings is 1. The second-order valence-corrected chi connectivity index (χ2v) is 5.58. The third kappa shape index (κ3) is 2.45. The number of aromatic nitrogens is 2. The largest absolute Gasteiger partial charge is 0.307 e. The number of thiocarbonyl (C=S) groups is 1. The monoisotopic (exact) mass is 287 g/mol. The third-order valence-electron chi connectivity index (χ3n) is 2.62. The summed E-state index contributed by atoms with van der Waals surface area (Å²) in [5.74, 6) is -0.148. The predicted octanol–water partition coefficient (Wildman–Crippen LogP) is 2.36. The van der Waals surface area contributed by atoms with Gasteiger partial charge in [0.2, 0.25) is 0 Å². The molecule has 1 saturated heterocycles. The quantitative estimate of drug-likeness (QED) is 0.680. The first-order valence-electron chi connectivity index (χ1n) is 5.58. The van der Waals surface area contributed by atoms with E-state index in [1.807, 2.05) is 42.6 Å². The Labute approximate surface area is 119 Å². The van der Waals surface area contributed by atoms with Crippen LogP contribution in [0, 0.1) is 0 Å². The van der Waals surface area contributed by atoms with Gasteiger partial charge in [0, 0.05) is 18.0 Å². The number of rotatable bonds is 2. The number of carbonyl (C=O) groups is 1. The lowest BCUT2D eigenvalue weighted by molar-refractivity contribution is -0.115. The first-order valence-corrected chi connectivity index (χ1v) is 6.80. The van der Waals surface area contributed by atoms with Crippen LogP contribution in [0.3, 0.4) is 0 Å². The highest BCUT2D eigenvalue weighted by atomic mass is 32.2. The SMILES string of the molecule is O=C1NC(=S)S/C1=C\c1ccccc1-n1cccn1. The Hall–Kier alpha value is -1.92. The summed E-state index contributed by atoms with van der Waals surface area (Å²) in [6, 6.07) is 9.62. The van der Waals surface area contributed by atoms with E-state index in [1.54, 1.807) is 10.9 Å². The first kappa shape index (κ1) is 12.1. The van der Waals surface area contributed by atoms with Crippen molar-refractivity contribution in [2.45, 2.75) is 0 Å². The third-order valence-corrected chi connectivity index (χ3v) is 3.78. The van der Waals surface area contributed by atoms with Crippen molar-refractivity contribution in [3.8, 4) is 5.69 Å². The van der Waals surface area contributed by atoms with Crippen LogP contribution in [0.4, 0.5) is 0 Å². The van der Waals surface area contributed by atoms with Crippen molar-refractivity contribution < 1.29 is 4.79 Å². The number of nitrogens with one attached hydrogen (secondary N) is 1. The average Bonchev–Trinajstić information content (AvgIpc) is 3.01. The van der Waals surface area contributed by atoms with Gasteiger partial charge < -0.3 is 5.32 Å². The van der Waals surface area contributed by atoms with Crippen LogP contribution in [0.25, 0.3) is 11.8 Å². The summed E-state index contributed by atoms with van der Waals surface area (Å²) in [5.41, 5.74) is 1.85. The highest BCUT2D eigenvalue weighted by Crippen LogP contribution is 2.27. The fourth-order valence-electron chi connectivity index (χ4n) is 1.79. The summed E-state index contributed by atoms with van der Waals surface area (Å²) in [6.45, 7) is 0. The van der Waals surface area contributed by atoms with Gasteiger partial charge in [-0.3, -0.25) is 4.79 Å². The minimum Gasteiger partial charge on any atom is -0.307 e. The van der Waals surface area contributed by atoms with Gasteiger partial charge in [0.05, 0.1) is 10.6 Å². The smallest absolute Gasteiger partial charge is 0.263 e. The highest BCUT2D eigenvalue weighted by Gasteiger charge is 2.22. The van der Waals surface area contributed by atoms with Gasteiger partial charge in [-0.2, -0.15) is 5.10 Å². The fourth-order valence-corrected chi connectivity index (χ4v) is 2.83. The lowest BCUT2D eigenvalue weighted by Crippen LogP contribution is -2.17. The van der Waals surface area contributed by atoms with E-state index in [0.29, 0.717) is 9.23 Å². The maximum absolute atomic E-state index is 11.7. The van der Waals surface area contributed by atoms with Crippen LogP contribution in [0.15, 0.2) is 47.6 Å². The summed E-state index contributed by atoms with van der Waals surface area (Å²) < 4.78 is 2.26. The summed E-state index contributed by atoms with van der Waals surface area (Å²) in [6.07, 6.45) is 5.41. The van der Waals surface area contributed by atoms with Crippen LogP contribution >= 0.6 is 24.0 Å². The number of thioether (sulfide) groups is 1. The number of para-hydroxylation sites is 1. The minimum atomic E-state index is -0.148. The molecule has 0 saturated carbocycles. The van der Waals surface area contributed by atoms with Gasteiger partial charge in [-0.1, -0.05) is 42.2 Å². The van der Waals surface area contributed by atoms with Crippen molar-refractivity contribution in [3.05, 3.63) is 53.2 Å². The topological polar surface area (TPSA) is 46.9 Å². The number of hydrogen-bond acceptors (Lipinski definition) is 4. The summed E-state index contributed by atoms with van der Waals surface area (Å²) in [7, 11) is 0. The lowest BCUT2D eigenvalue weighted by Gasteiger charge is -2.06. The Morgan fingerprint density at radius 1 is 1.32 bits per heavy atom. The molecule has 0 bridgehead atoms. The van der Waals surface area contributed by atoms with E-state index >= 15 is 0 Å². The molecule has 3 rings (SSSR count). The zero-order valence-electron chi connectivity index (χ0n) is 9.74. The summed E-state index contributed by atoms with van der Waals surface area (Å²) in [4.78, 5) is 12.3. The van der Waals surface area contributed by atoms with Crippen LogP contribution in [0.1, 0.15) is 5.56 Å². The van der Waals surface area contributed by atoms with Crippen LogP contribution in [-0.4, -0.2) is 20.0 Å². The number of carbonyl (C=O) groups excluding carboxylic acids is 1. The maximum Gasteiger partial charge on any atom is 0.263 e. The van der Waals surface area contributed by atoms with E-state index in [1.165, 1.54) is 11.8 Å². The molecule has 2 heterocycles. The minimum absolute atomic E-state index is 0.148. The predicted molar refractivity (Wildman–Crippen MR) is 79.9 cm³/mol. The number of amides is 1. The van der Waals surface area contributed by atoms with Crippen molar-refractivity contribution in [3.63, 3.8) is 0 Å². The van der Waals surface area contributed by atoms with Crippen molar-refractivity contribution in [2.24, 2.45) is 0 Å². The zero-order chi connectivity index (χ0) is 13.2. The second kappa shape index (κ2) is 4.99. The van der Waals surface area contributed by atoms with Crippen molar-refractivity contribution in [1.82, 2.24) is 15.1 Å². The van der Waals surface area contributed by atoms with Gasteiger partial charge in [-0.25, -0.2) is 4.68 Å². The first-order chi connectivity index (χ1) is 9.24. The molecule has 1 N–H and O–H groups in total. The fraction of sp³-hybridized carbons (Fsp3) is 0. The molecule has 2 aromatic rings. The highest BCUT2D eigenvalue weighted by molar-refractivity contribution is 8.26. The molecule has 4 nitrogen and oxygen atoms in total. The van der Waals surface area contributed by atoms with Gasteiger partial charge in [-0.15, -0.1) is 0 Å². The van der Waals surface area contributed by atoms with E-state index < -0.39 is 0 Å². The Morgan fingerprint density at radius 3 is 2.84 bits per heavy atom. The Balaban J connectivity index is 2.05. The van der Waals surface area contributed by atoms with Crippen LogP contribution in [0.5, 0.6) is 0 Å². The number of nitrogens with zero attached hydrogens (tertiary/aromatic N) is 2. The van der Waals surface area contributed by atoms with Gasteiger partial charge >= 0.3 is 0 Å². The standard InChI is InChI=1S/C13H9N3OS2/c17-12-11(19-13(18)15-12)8-9-4-1-2-5-10(9)16-7-3-6-14-16/h1-8H,(H,15,17,18)/b11-8-. The normalized spacial score (nSPS) is 16.9. The molecule has 0 unspecified atom stereocenters. The molecule has 1 aromatic carbocycles. The van der Waals surface area contributed by atoms with Gasteiger partial charge in [-0.05, 0) is 18.2 Å². The molecule has 94 valence electrons. The molecule has 6 heteroatoms. The Morgan fingerprint density at radius 2 is 2.16 bits per heavy atom. The molecule has 1 aliphatic rings. The van der Waals surface area contributed by atoms with E-state index in [2.05, 4.69) is 10.4 Å². The molecule has 0 spiro atoms. The Kier molecular flexibility index (Phi) is 3.18. The van der Waals surface area contributed by atoms with Gasteiger partial charge in [0.1, 0.15) is 4.32 Å². The average molecular weight is 287 g/mol. The van der Waals surface area contributed by atoms with Crippen LogP contribution < -0.4 is 5.32 Å². The zero-order valence-corrected chi connectivity index (χ0v) is 11.4. The molecule has 0 aliphatic carbocycles. The van der Waals surface area contributed by atoms with Crippen molar-refractivity contribution >= 4 is 40.3 Å². The van der Waals surface area contributed by atoms with E-state index in [4.69, 9.17) is 12.2 Å². The molecule has 1 fully saturated rings. The van der Waals surface area contributed by atoms with Crippen LogP contribution in [-0.2, 0) is 4.79 Å². The lowest BCUT2D eigenvalue weighted by atomic mass is 10.1. The molecule has 1 aliphatic heterocycles. The molecule has 0 atom stereocenters. The van der Waals surface area contributed by atoms with E-state index in [-0.39, 0.29) is 5.91 Å². The van der Waals surface area contributed by atoms with Gasteiger partial charge in [0.25, 0.3) is 5.91 Å². The molecule has 1 amide bonds. The molecule has 1 aromatic heterocycles. The van der Waals surface area contributed by atoms with E-state index in [9.17, 15) is 4.79 Å². The molecular weight excluding hydrogens is 278 g/mol. The van der Waals surface area contributed by atoms with Crippen molar-refractivity contribution in [1.29, 1.82) is 0 Å². The van der Waals surface area contributed by atoms with Crippen molar-refractivity contribution in [2.75, 3.05) is 0 Å². The molecule has 0 radical (unpaired) electrons. The second-order valence-electron chi connectivity index (χ2n) is 3.86. The Bertz CT molecular complexity index is 677. The van der Waals surface area contributed by atoms with Gasteiger partial charge in [0.15, 0.2) is 0 Å². The maximum atomic E-state index is 11.7. The number of hydrogen-bond donors (Lipinski definition) is 1. The summed E-state index contributed by atoms with van der Waals surface area (Å²) in [5, 5.41) is 6.82. The summed E-state index contributed by atoms with van der Waals surface area (Å²) >= 11 is 6.25.